The van der Waals surface area contributed by atoms with Gasteiger partial charge < -0.3 is 16.0 Å². The number of pyridine rings is 1. The van der Waals surface area contributed by atoms with Crippen LogP contribution in [0, 0.1) is 5.82 Å². The zero-order valence-corrected chi connectivity index (χ0v) is 14.3. The highest BCUT2D eigenvalue weighted by Gasteiger charge is 2.18. The highest BCUT2D eigenvalue weighted by molar-refractivity contribution is 7.14. The Hall–Kier alpha value is -3.10. The van der Waals surface area contributed by atoms with E-state index in [1.807, 2.05) is 23.7 Å². The molecule has 4 aromatic rings. The Morgan fingerprint density at radius 2 is 2.08 bits per heavy atom. The minimum atomic E-state index is -0.903. The van der Waals surface area contributed by atoms with Gasteiger partial charge >= 0.3 is 0 Å². The van der Waals surface area contributed by atoms with Crippen molar-refractivity contribution in [2.45, 2.75) is 6.04 Å². The zero-order valence-electron chi connectivity index (χ0n) is 13.4. The SMILES string of the molecule is NC(C(=O)Nc1nc(-c2c[nH]c3ncccc23)cs1)c1ccc(F)cc1. The molecule has 0 saturated carbocycles. The first-order valence-electron chi connectivity index (χ1n) is 7.82. The summed E-state index contributed by atoms with van der Waals surface area (Å²) < 4.78 is 13.0. The lowest BCUT2D eigenvalue weighted by molar-refractivity contribution is -0.117. The average molecular weight is 367 g/mol. The molecule has 4 N–H and O–H groups in total. The van der Waals surface area contributed by atoms with Crippen molar-refractivity contribution >= 4 is 33.4 Å². The summed E-state index contributed by atoms with van der Waals surface area (Å²) in [4.78, 5) is 24.1. The Bertz CT molecular complexity index is 1070. The van der Waals surface area contributed by atoms with Gasteiger partial charge in [0.25, 0.3) is 0 Å². The molecule has 3 aromatic heterocycles. The van der Waals surface area contributed by atoms with E-state index in [2.05, 4.69) is 20.3 Å². The molecule has 0 fully saturated rings. The van der Waals surface area contributed by atoms with Crippen LogP contribution < -0.4 is 11.1 Å². The van der Waals surface area contributed by atoms with Gasteiger partial charge in [0.1, 0.15) is 17.5 Å². The molecule has 0 aliphatic carbocycles. The first-order valence-corrected chi connectivity index (χ1v) is 8.70. The fourth-order valence-corrected chi connectivity index (χ4v) is 3.34. The van der Waals surface area contributed by atoms with Crippen molar-refractivity contribution in [1.82, 2.24) is 15.0 Å². The van der Waals surface area contributed by atoms with Crippen LogP contribution >= 0.6 is 11.3 Å². The topological polar surface area (TPSA) is 96.7 Å². The number of aromatic nitrogens is 3. The van der Waals surface area contributed by atoms with Crippen LogP contribution in [0.5, 0.6) is 0 Å². The van der Waals surface area contributed by atoms with Gasteiger partial charge in [-0.05, 0) is 29.8 Å². The highest BCUT2D eigenvalue weighted by Crippen LogP contribution is 2.30. The molecule has 8 heteroatoms. The molecule has 26 heavy (non-hydrogen) atoms. The summed E-state index contributed by atoms with van der Waals surface area (Å²) >= 11 is 1.31. The first-order chi connectivity index (χ1) is 12.6. The van der Waals surface area contributed by atoms with E-state index in [4.69, 9.17) is 5.73 Å². The van der Waals surface area contributed by atoms with Gasteiger partial charge in [0.15, 0.2) is 5.13 Å². The van der Waals surface area contributed by atoms with Crippen LogP contribution in [-0.2, 0) is 4.79 Å². The van der Waals surface area contributed by atoms with E-state index in [0.29, 0.717) is 10.7 Å². The smallest absolute Gasteiger partial charge is 0.247 e. The number of carbonyl (C=O) groups excluding carboxylic acids is 1. The van der Waals surface area contributed by atoms with Crippen LogP contribution in [0.4, 0.5) is 9.52 Å². The van der Waals surface area contributed by atoms with Crippen molar-refractivity contribution in [3.8, 4) is 11.3 Å². The van der Waals surface area contributed by atoms with Crippen molar-refractivity contribution < 1.29 is 9.18 Å². The van der Waals surface area contributed by atoms with E-state index < -0.39 is 11.9 Å². The number of halogens is 1. The van der Waals surface area contributed by atoms with Crippen LogP contribution in [0.3, 0.4) is 0 Å². The van der Waals surface area contributed by atoms with Crippen LogP contribution in [0.25, 0.3) is 22.3 Å². The summed E-state index contributed by atoms with van der Waals surface area (Å²) in [6.45, 7) is 0. The fraction of sp³-hybridized carbons (Fsp3) is 0.0556. The van der Waals surface area contributed by atoms with E-state index >= 15 is 0 Å². The van der Waals surface area contributed by atoms with Gasteiger partial charge in [-0.15, -0.1) is 11.3 Å². The zero-order chi connectivity index (χ0) is 18.1. The molecule has 4 rings (SSSR count). The number of amides is 1. The maximum absolute atomic E-state index is 13.0. The van der Waals surface area contributed by atoms with Crippen LogP contribution in [0.2, 0.25) is 0 Å². The molecule has 1 atom stereocenters. The molecule has 0 saturated heterocycles. The number of nitrogens with one attached hydrogen (secondary N) is 2. The van der Waals surface area contributed by atoms with Gasteiger partial charge in [-0.3, -0.25) is 4.79 Å². The number of hydrogen-bond donors (Lipinski definition) is 3. The predicted molar refractivity (Wildman–Crippen MR) is 99.2 cm³/mol. The van der Waals surface area contributed by atoms with Crippen LogP contribution in [0.1, 0.15) is 11.6 Å². The minimum Gasteiger partial charge on any atom is -0.345 e. The van der Waals surface area contributed by atoms with E-state index in [1.54, 1.807) is 6.20 Å². The molecule has 0 aliphatic heterocycles. The number of benzene rings is 1. The van der Waals surface area contributed by atoms with Crippen molar-refractivity contribution in [2.75, 3.05) is 5.32 Å². The molecule has 1 aromatic carbocycles. The monoisotopic (exact) mass is 367 g/mol. The molecule has 6 nitrogen and oxygen atoms in total. The standard InChI is InChI=1S/C18H14FN5OS/c19-11-5-3-10(4-6-11)15(20)17(25)24-18-23-14(9-26-18)13-8-22-16-12(13)2-1-7-21-16/h1-9,15H,20H2,(H,21,22)(H,23,24,25). The number of H-pyrrole nitrogens is 1. The second-order valence-corrected chi connectivity index (χ2v) is 6.52. The number of nitrogens with two attached hydrogens (primary N) is 1. The molecule has 0 bridgehead atoms. The summed E-state index contributed by atoms with van der Waals surface area (Å²) in [6, 6.07) is 8.44. The highest BCUT2D eigenvalue weighted by atomic mass is 32.1. The lowest BCUT2D eigenvalue weighted by atomic mass is 10.1. The summed E-state index contributed by atoms with van der Waals surface area (Å²) in [5.41, 5.74) is 8.90. The van der Waals surface area contributed by atoms with Crippen molar-refractivity contribution in [2.24, 2.45) is 5.73 Å². The van der Waals surface area contributed by atoms with Gasteiger partial charge in [0.2, 0.25) is 5.91 Å². The minimum absolute atomic E-state index is 0.376. The Balaban J connectivity index is 1.53. The number of rotatable bonds is 4. The number of anilines is 1. The number of thiazole rings is 1. The van der Waals surface area contributed by atoms with Gasteiger partial charge in [0.05, 0.1) is 5.69 Å². The van der Waals surface area contributed by atoms with E-state index in [0.717, 1.165) is 22.3 Å². The van der Waals surface area contributed by atoms with Crippen molar-refractivity contribution in [3.63, 3.8) is 0 Å². The Morgan fingerprint density at radius 1 is 1.27 bits per heavy atom. The van der Waals surface area contributed by atoms with Gasteiger partial charge in [-0.1, -0.05) is 12.1 Å². The van der Waals surface area contributed by atoms with E-state index in [1.165, 1.54) is 35.6 Å². The number of hydrogen-bond acceptors (Lipinski definition) is 5. The Kier molecular flexibility index (Phi) is 4.19. The molecule has 1 unspecified atom stereocenters. The van der Waals surface area contributed by atoms with Gasteiger partial charge in [-0.25, -0.2) is 14.4 Å². The maximum Gasteiger partial charge on any atom is 0.247 e. The molecule has 0 aliphatic rings. The normalized spacial score (nSPS) is 12.2. The lowest BCUT2D eigenvalue weighted by Gasteiger charge is -2.10. The predicted octanol–water partition coefficient (Wildman–Crippen LogP) is 3.46. The first kappa shape index (κ1) is 16.4. The lowest BCUT2D eigenvalue weighted by Crippen LogP contribution is -2.27. The largest absolute Gasteiger partial charge is 0.345 e. The number of nitrogens with zero attached hydrogens (tertiary/aromatic N) is 2. The molecule has 3 heterocycles. The molecule has 0 radical (unpaired) electrons. The van der Waals surface area contributed by atoms with Crippen molar-refractivity contribution in [1.29, 1.82) is 0 Å². The third-order valence-electron chi connectivity index (χ3n) is 3.97. The second kappa shape index (κ2) is 6.66. The molecular weight excluding hydrogens is 353 g/mol. The molecule has 0 spiro atoms. The average Bonchev–Trinajstić information content (AvgIpc) is 3.28. The number of fused-ring (bicyclic) bond motifs is 1. The number of carbonyl (C=O) groups is 1. The van der Waals surface area contributed by atoms with Crippen LogP contribution in [0.15, 0.2) is 54.2 Å². The third-order valence-corrected chi connectivity index (χ3v) is 4.73. The Morgan fingerprint density at radius 3 is 2.88 bits per heavy atom. The number of aromatic amines is 1. The maximum atomic E-state index is 13.0. The van der Waals surface area contributed by atoms with Crippen molar-refractivity contribution in [3.05, 3.63) is 65.6 Å². The fourth-order valence-electron chi connectivity index (χ4n) is 2.63. The summed E-state index contributed by atoms with van der Waals surface area (Å²) in [6.07, 6.45) is 3.55. The quantitative estimate of drug-likeness (QED) is 0.514. The van der Waals surface area contributed by atoms with Gasteiger partial charge in [0, 0.05) is 28.7 Å². The summed E-state index contributed by atoms with van der Waals surface area (Å²) in [5.74, 6) is -0.780. The molecule has 130 valence electrons. The molecule has 1 amide bonds. The van der Waals surface area contributed by atoms with E-state index in [-0.39, 0.29) is 5.82 Å². The van der Waals surface area contributed by atoms with E-state index in [9.17, 15) is 9.18 Å². The summed E-state index contributed by atoms with van der Waals surface area (Å²) in [7, 11) is 0. The second-order valence-electron chi connectivity index (χ2n) is 5.66. The third kappa shape index (κ3) is 3.07. The summed E-state index contributed by atoms with van der Waals surface area (Å²) in [5, 5.41) is 5.97. The molecular formula is C18H14FN5OS. The Labute approximate surface area is 151 Å². The van der Waals surface area contributed by atoms with Crippen LogP contribution in [-0.4, -0.2) is 20.9 Å². The van der Waals surface area contributed by atoms with Gasteiger partial charge in [-0.2, -0.15) is 0 Å².